The zero-order valence-corrected chi connectivity index (χ0v) is 15.5. The van der Waals surface area contributed by atoms with E-state index in [1.165, 1.54) is 23.9 Å². The zero-order chi connectivity index (χ0) is 19.6. The zero-order valence-electron chi connectivity index (χ0n) is 14.7. The highest BCUT2D eigenvalue weighted by atomic mass is 32.2. The lowest BCUT2D eigenvalue weighted by molar-refractivity contribution is -0.135. The van der Waals surface area contributed by atoms with Crippen molar-refractivity contribution < 1.29 is 24.2 Å². The number of carboxylic acid groups (broad SMARTS) is 1. The standard InChI is InChI=1S/C19H20N2O5S/c1-2-26-15-7-9-16(10-8-15)27-12-17(22)21-14-5-3-13(4-6-14)19(25)20-11-18(23)24/h3-10H,2,11-12H2,1H3,(H,20,25)(H,21,22)(H,23,24). The van der Waals surface area contributed by atoms with Crippen molar-refractivity contribution in [2.24, 2.45) is 0 Å². The molecule has 0 fully saturated rings. The second kappa shape index (κ2) is 10.2. The highest BCUT2D eigenvalue weighted by molar-refractivity contribution is 8.00. The van der Waals surface area contributed by atoms with Crippen molar-refractivity contribution in [1.29, 1.82) is 0 Å². The van der Waals surface area contributed by atoms with Gasteiger partial charge in [0, 0.05) is 16.1 Å². The average Bonchev–Trinajstić information content (AvgIpc) is 2.66. The quantitative estimate of drug-likeness (QED) is 0.571. The summed E-state index contributed by atoms with van der Waals surface area (Å²) >= 11 is 1.40. The largest absolute Gasteiger partial charge is 0.494 e. The van der Waals surface area contributed by atoms with Crippen LogP contribution < -0.4 is 15.4 Å². The van der Waals surface area contributed by atoms with E-state index in [2.05, 4.69) is 10.6 Å². The summed E-state index contributed by atoms with van der Waals surface area (Å²) in [5, 5.41) is 13.6. The molecule has 7 nitrogen and oxygen atoms in total. The first kappa shape index (κ1) is 20.3. The summed E-state index contributed by atoms with van der Waals surface area (Å²) in [6.45, 7) is 2.08. The minimum atomic E-state index is -1.11. The van der Waals surface area contributed by atoms with Crippen LogP contribution in [0.2, 0.25) is 0 Å². The van der Waals surface area contributed by atoms with E-state index in [1.807, 2.05) is 31.2 Å². The predicted octanol–water partition coefficient (Wildman–Crippen LogP) is 2.63. The van der Waals surface area contributed by atoms with Crippen LogP contribution in [0.3, 0.4) is 0 Å². The minimum absolute atomic E-state index is 0.169. The number of nitrogens with one attached hydrogen (secondary N) is 2. The van der Waals surface area contributed by atoms with Crippen LogP contribution >= 0.6 is 11.8 Å². The van der Waals surface area contributed by atoms with E-state index >= 15 is 0 Å². The fourth-order valence-corrected chi connectivity index (χ4v) is 2.81. The summed E-state index contributed by atoms with van der Waals surface area (Å²) in [6.07, 6.45) is 0. The van der Waals surface area contributed by atoms with E-state index in [4.69, 9.17) is 9.84 Å². The Balaban J connectivity index is 1.81. The maximum atomic E-state index is 12.1. The monoisotopic (exact) mass is 388 g/mol. The van der Waals surface area contributed by atoms with Crippen molar-refractivity contribution in [2.45, 2.75) is 11.8 Å². The van der Waals surface area contributed by atoms with Crippen LogP contribution in [0.25, 0.3) is 0 Å². The normalized spacial score (nSPS) is 10.1. The summed E-state index contributed by atoms with van der Waals surface area (Å²) in [5.74, 6) is -0.733. The Morgan fingerprint density at radius 1 is 1.04 bits per heavy atom. The van der Waals surface area contributed by atoms with Gasteiger partial charge < -0.3 is 20.5 Å². The number of aliphatic carboxylic acids is 1. The molecular formula is C19H20N2O5S. The van der Waals surface area contributed by atoms with Crippen molar-refractivity contribution >= 4 is 35.2 Å². The van der Waals surface area contributed by atoms with Gasteiger partial charge in [-0.25, -0.2) is 0 Å². The number of hydrogen-bond donors (Lipinski definition) is 3. The molecular weight excluding hydrogens is 368 g/mol. The molecule has 2 rings (SSSR count). The van der Waals surface area contributed by atoms with E-state index in [9.17, 15) is 14.4 Å². The second-order valence-corrected chi connectivity index (χ2v) is 6.44. The molecule has 0 saturated heterocycles. The van der Waals surface area contributed by atoms with E-state index in [0.29, 0.717) is 17.9 Å². The molecule has 0 radical (unpaired) electrons. The summed E-state index contributed by atoms with van der Waals surface area (Å²) in [5.41, 5.74) is 0.875. The Hall–Kier alpha value is -3.00. The third-order valence-electron chi connectivity index (χ3n) is 3.34. The number of amides is 2. The van der Waals surface area contributed by atoms with Gasteiger partial charge in [0.2, 0.25) is 5.91 Å². The molecule has 0 atom stereocenters. The summed E-state index contributed by atoms with van der Waals surface area (Å²) in [6, 6.07) is 13.7. The average molecular weight is 388 g/mol. The number of carbonyl (C=O) groups excluding carboxylic acids is 2. The van der Waals surface area contributed by atoms with Gasteiger partial charge in [-0.3, -0.25) is 14.4 Å². The smallest absolute Gasteiger partial charge is 0.322 e. The Morgan fingerprint density at radius 2 is 1.70 bits per heavy atom. The number of ether oxygens (including phenoxy) is 1. The maximum absolute atomic E-state index is 12.1. The molecule has 0 aliphatic carbocycles. The van der Waals surface area contributed by atoms with Gasteiger partial charge in [-0.2, -0.15) is 0 Å². The molecule has 0 unspecified atom stereocenters. The van der Waals surface area contributed by atoms with Crippen molar-refractivity contribution in [3.8, 4) is 5.75 Å². The molecule has 0 aliphatic heterocycles. The lowest BCUT2D eigenvalue weighted by Gasteiger charge is -2.07. The van der Waals surface area contributed by atoms with Crippen LogP contribution in [0.4, 0.5) is 5.69 Å². The fourth-order valence-electron chi connectivity index (χ4n) is 2.11. The van der Waals surface area contributed by atoms with Gasteiger partial charge in [0.25, 0.3) is 5.91 Å². The van der Waals surface area contributed by atoms with Crippen LogP contribution in [0, 0.1) is 0 Å². The van der Waals surface area contributed by atoms with Gasteiger partial charge in [-0.15, -0.1) is 11.8 Å². The van der Waals surface area contributed by atoms with Gasteiger partial charge in [0.15, 0.2) is 0 Å². The molecule has 0 heterocycles. The lowest BCUT2D eigenvalue weighted by Crippen LogP contribution is -2.29. The molecule has 27 heavy (non-hydrogen) atoms. The molecule has 8 heteroatoms. The second-order valence-electron chi connectivity index (χ2n) is 5.40. The molecule has 0 saturated carbocycles. The van der Waals surface area contributed by atoms with Crippen LogP contribution in [-0.4, -0.2) is 41.8 Å². The summed E-state index contributed by atoms with van der Waals surface area (Å²) < 4.78 is 5.37. The van der Waals surface area contributed by atoms with Crippen molar-refractivity contribution in [3.05, 3.63) is 54.1 Å². The van der Waals surface area contributed by atoms with E-state index in [-0.39, 0.29) is 11.7 Å². The van der Waals surface area contributed by atoms with Gasteiger partial charge >= 0.3 is 5.97 Å². The number of carboxylic acids is 1. The van der Waals surface area contributed by atoms with Crippen LogP contribution in [0.15, 0.2) is 53.4 Å². The fraction of sp³-hybridized carbons (Fsp3) is 0.211. The Morgan fingerprint density at radius 3 is 2.30 bits per heavy atom. The lowest BCUT2D eigenvalue weighted by atomic mass is 10.2. The first-order valence-corrected chi connectivity index (χ1v) is 9.22. The molecule has 0 aromatic heterocycles. The van der Waals surface area contributed by atoms with Gasteiger partial charge in [-0.05, 0) is 55.5 Å². The topological polar surface area (TPSA) is 105 Å². The van der Waals surface area contributed by atoms with Gasteiger partial charge in [-0.1, -0.05) is 0 Å². The third kappa shape index (κ3) is 7.02. The molecule has 2 aromatic carbocycles. The maximum Gasteiger partial charge on any atom is 0.322 e. The molecule has 142 valence electrons. The van der Waals surface area contributed by atoms with Crippen LogP contribution in [0.5, 0.6) is 5.75 Å². The van der Waals surface area contributed by atoms with Crippen molar-refractivity contribution in [1.82, 2.24) is 5.32 Å². The van der Waals surface area contributed by atoms with Crippen molar-refractivity contribution in [2.75, 3.05) is 24.2 Å². The first-order valence-electron chi connectivity index (χ1n) is 8.23. The van der Waals surface area contributed by atoms with Gasteiger partial charge in [0.1, 0.15) is 12.3 Å². The Kier molecular flexibility index (Phi) is 7.69. The number of carbonyl (C=O) groups is 3. The summed E-state index contributed by atoms with van der Waals surface area (Å²) in [4.78, 5) is 35.2. The summed E-state index contributed by atoms with van der Waals surface area (Å²) in [7, 11) is 0. The Bertz CT molecular complexity index is 791. The SMILES string of the molecule is CCOc1ccc(SCC(=O)Nc2ccc(C(=O)NCC(=O)O)cc2)cc1. The highest BCUT2D eigenvalue weighted by Crippen LogP contribution is 2.21. The number of hydrogen-bond acceptors (Lipinski definition) is 5. The molecule has 2 aromatic rings. The minimum Gasteiger partial charge on any atom is -0.494 e. The molecule has 2 amide bonds. The number of anilines is 1. The van der Waals surface area contributed by atoms with Crippen LogP contribution in [-0.2, 0) is 9.59 Å². The van der Waals surface area contributed by atoms with E-state index in [1.54, 1.807) is 12.1 Å². The number of thioether (sulfide) groups is 1. The van der Waals surface area contributed by atoms with Gasteiger partial charge in [0.05, 0.1) is 12.4 Å². The highest BCUT2D eigenvalue weighted by Gasteiger charge is 2.08. The molecule has 0 bridgehead atoms. The first-order chi connectivity index (χ1) is 13.0. The molecule has 0 aliphatic rings. The van der Waals surface area contributed by atoms with Crippen molar-refractivity contribution in [3.63, 3.8) is 0 Å². The molecule has 3 N–H and O–H groups in total. The van der Waals surface area contributed by atoms with Crippen LogP contribution in [0.1, 0.15) is 17.3 Å². The molecule has 0 spiro atoms. The van der Waals surface area contributed by atoms with E-state index in [0.717, 1.165) is 10.6 Å². The Labute approximate surface area is 161 Å². The van der Waals surface area contributed by atoms with E-state index < -0.39 is 18.4 Å². The predicted molar refractivity (Wildman–Crippen MR) is 103 cm³/mol. The number of benzene rings is 2. The number of rotatable bonds is 9. The third-order valence-corrected chi connectivity index (χ3v) is 4.35.